The lowest BCUT2D eigenvalue weighted by Gasteiger charge is -2.17. The molecule has 0 spiro atoms. The molecule has 2 N–H and O–H groups in total. The van der Waals surface area contributed by atoms with Crippen LogP contribution in [0.5, 0.6) is 11.5 Å². The molecule has 32 heavy (non-hydrogen) atoms. The minimum atomic E-state index is -0.516. The molecule has 3 rings (SSSR count). The zero-order valence-electron chi connectivity index (χ0n) is 17.9. The van der Waals surface area contributed by atoms with E-state index in [9.17, 15) is 9.59 Å². The Morgan fingerprint density at radius 1 is 0.906 bits per heavy atom. The summed E-state index contributed by atoms with van der Waals surface area (Å²) >= 11 is 0. The van der Waals surface area contributed by atoms with Crippen molar-refractivity contribution in [2.45, 2.75) is 5.92 Å². The van der Waals surface area contributed by atoms with Crippen molar-refractivity contribution in [3.8, 4) is 11.5 Å². The van der Waals surface area contributed by atoms with Gasteiger partial charge < -0.3 is 14.8 Å². The Morgan fingerprint density at radius 2 is 1.53 bits per heavy atom. The van der Waals surface area contributed by atoms with Gasteiger partial charge in [-0.15, -0.1) is 0 Å². The molecule has 0 aliphatic heterocycles. The van der Waals surface area contributed by atoms with E-state index in [1.165, 1.54) is 13.3 Å². The van der Waals surface area contributed by atoms with Crippen LogP contribution in [-0.4, -0.2) is 38.8 Å². The lowest BCUT2D eigenvalue weighted by molar-refractivity contribution is -0.126. The molecule has 7 nitrogen and oxygen atoms in total. The number of carbonyl (C=O) groups excluding carboxylic acids is 2. The molecule has 0 unspecified atom stereocenters. The van der Waals surface area contributed by atoms with E-state index in [2.05, 4.69) is 15.8 Å². The summed E-state index contributed by atoms with van der Waals surface area (Å²) in [6.07, 6.45) is 1.47. The van der Waals surface area contributed by atoms with Gasteiger partial charge >= 0.3 is 0 Å². The van der Waals surface area contributed by atoms with E-state index in [1.807, 2.05) is 60.7 Å². The van der Waals surface area contributed by atoms with Crippen molar-refractivity contribution in [1.82, 2.24) is 10.7 Å². The Kier molecular flexibility index (Phi) is 7.97. The van der Waals surface area contributed by atoms with Crippen molar-refractivity contribution in [3.63, 3.8) is 0 Å². The Hall–Kier alpha value is -4.13. The van der Waals surface area contributed by atoms with Gasteiger partial charge in [0.05, 0.1) is 32.9 Å². The highest BCUT2D eigenvalue weighted by molar-refractivity contribution is 5.91. The molecule has 3 aromatic carbocycles. The molecule has 0 atom stereocenters. The Balaban J connectivity index is 1.61. The number of ether oxygens (including phenoxy) is 2. The molecule has 3 aromatic rings. The molecule has 0 saturated carbocycles. The number of amides is 2. The summed E-state index contributed by atoms with van der Waals surface area (Å²) in [6.45, 7) is -0.202. The fourth-order valence-electron chi connectivity index (χ4n) is 3.19. The van der Waals surface area contributed by atoms with Crippen LogP contribution in [0.1, 0.15) is 22.6 Å². The number of hydrogen-bond acceptors (Lipinski definition) is 5. The first-order valence-corrected chi connectivity index (χ1v) is 10.0. The van der Waals surface area contributed by atoms with Gasteiger partial charge in [-0.2, -0.15) is 5.10 Å². The van der Waals surface area contributed by atoms with Gasteiger partial charge in [-0.05, 0) is 23.3 Å². The molecule has 0 heterocycles. The van der Waals surface area contributed by atoms with Gasteiger partial charge in [0.2, 0.25) is 5.91 Å². The molecule has 0 saturated heterocycles. The van der Waals surface area contributed by atoms with Crippen molar-refractivity contribution in [2.75, 3.05) is 20.8 Å². The molecule has 164 valence electrons. The molecular formula is C25H25N3O4. The van der Waals surface area contributed by atoms with E-state index in [4.69, 9.17) is 9.47 Å². The van der Waals surface area contributed by atoms with E-state index >= 15 is 0 Å². The van der Waals surface area contributed by atoms with Crippen molar-refractivity contribution in [1.29, 1.82) is 0 Å². The van der Waals surface area contributed by atoms with Crippen molar-refractivity contribution >= 4 is 18.0 Å². The predicted octanol–water partition coefficient (Wildman–Crippen LogP) is 3.10. The van der Waals surface area contributed by atoms with Gasteiger partial charge in [-0.3, -0.25) is 9.59 Å². The van der Waals surface area contributed by atoms with Crippen LogP contribution in [0.2, 0.25) is 0 Å². The van der Waals surface area contributed by atoms with Gasteiger partial charge in [-0.25, -0.2) is 5.43 Å². The van der Waals surface area contributed by atoms with E-state index < -0.39 is 11.8 Å². The monoisotopic (exact) mass is 431 g/mol. The van der Waals surface area contributed by atoms with E-state index in [1.54, 1.807) is 25.3 Å². The zero-order chi connectivity index (χ0) is 22.8. The Bertz CT molecular complexity index is 1030. The molecule has 0 radical (unpaired) electrons. The molecule has 0 bridgehead atoms. The average molecular weight is 431 g/mol. The number of nitrogens with one attached hydrogen (secondary N) is 2. The number of hydrazone groups is 1. The van der Waals surface area contributed by atoms with Gasteiger partial charge in [0, 0.05) is 11.6 Å². The van der Waals surface area contributed by atoms with Crippen LogP contribution < -0.4 is 20.2 Å². The number of rotatable bonds is 9. The summed E-state index contributed by atoms with van der Waals surface area (Å²) in [4.78, 5) is 25.1. The highest BCUT2D eigenvalue weighted by Crippen LogP contribution is 2.25. The van der Waals surface area contributed by atoms with Crippen molar-refractivity contribution < 1.29 is 19.1 Å². The molecule has 0 fully saturated rings. The van der Waals surface area contributed by atoms with Crippen LogP contribution >= 0.6 is 0 Å². The minimum Gasteiger partial charge on any atom is -0.497 e. The van der Waals surface area contributed by atoms with E-state index in [0.29, 0.717) is 17.1 Å². The number of hydrogen-bond donors (Lipinski definition) is 2. The first kappa shape index (κ1) is 22.6. The van der Waals surface area contributed by atoms with Crippen molar-refractivity contribution in [3.05, 3.63) is 95.6 Å². The highest BCUT2D eigenvalue weighted by atomic mass is 16.5. The number of methoxy groups -OCH3 is 2. The molecule has 2 amide bonds. The molecule has 7 heteroatoms. The maximum atomic E-state index is 12.9. The molecule has 0 aromatic heterocycles. The summed E-state index contributed by atoms with van der Waals surface area (Å²) in [6, 6.07) is 24.1. The number of nitrogens with zero attached hydrogens (tertiary/aromatic N) is 1. The smallest absolute Gasteiger partial charge is 0.259 e. The SMILES string of the molecule is COc1ccc(/C=N/NC(=O)CNC(=O)C(c2ccccc2)c2ccccc2)c(OC)c1. The highest BCUT2D eigenvalue weighted by Gasteiger charge is 2.22. The van der Waals surface area contributed by atoms with Gasteiger partial charge in [0.25, 0.3) is 5.91 Å². The standard InChI is InChI=1S/C25H25N3O4/c1-31-21-14-13-20(22(15-21)32-2)16-27-28-23(29)17-26-25(30)24(18-9-5-3-6-10-18)19-11-7-4-8-12-19/h3-16,24H,17H2,1-2H3,(H,26,30)(H,28,29)/b27-16+. The maximum Gasteiger partial charge on any atom is 0.259 e. The summed E-state index contributed by atoms with van der Waals surface area (Å²) in [5.41, 5.74) is 4.78. The van der Waals surface area contributed by atoms with Gasteiger partial charge in [-0.1, -0.05) is 60.7 Å². The quantitative estimate of drug-likeness (QED) is 0.403. The summed E-state index contributed by atoms with van der Waals surface area (Å²) in [5, 5.41) is 6.65. The predicted molar refractivity (Wildman–Crippen MR) is 123 cm³/mol. The van der Waals surface area contributed by atoms with Crippen molar-refractivity contribution in [2.24, 2.45) is 5.10 Å². The lowest BCUT2D eigenvalue weighted by Crippen LogP contribution is -2.37. The molecule has 0 aliphatic rings. The van der Waals surface area contributed by atoms with Crippen LogP contribution in [0.25, 0.3) is 0 Å². The second kappa shape index (κ2) is 11.3. The Morgan fingerprint density at radius 3 is 2.09 bits per heavy atom. The third-order valence-electron chi connectivity index (χ3n) is 4.78. The minimum absolute atomic E-state index is 0.202. The van der Waals surface area contributed by atoms with Crippen LogP contribution in [-0.2, 0) is 9.59 Å². The number of benzene rings is 3. The summed E-state index contributed by atoms with van der Waals surface area (Å²) in [7, 11) is 3.10. The van der Waals surface area contributed by atoms with Crippen LogP contribution in [0, 0.1) is 0 Å². The lowest BCUT2D eigenvalue weighted by atomic mass is 9.90. The first-order chi connectivity index (χ1) is 15.6. The topological polar surface area (TPSA) is 89.0 Å². The maximum absolute atomic E-state index is 12.9. The molecule has 0 aliphatic carbocycles. The normalized spacial score (nSPS) is 10.7. The van der Waals surface area contributed by atoms with E-state index in [0.717, 1.165) is 11.1 Å². The van der Waals surface area contributed by atoms with Crippen LogP contribution in [0.3, 0.4) is 0 Å². The van der Waals surface area contributed by atoms with Gasteiger partial charge in [0.1, 0.15) is 11.5 Å². The molecular weight excluding hydrogens is 406 g/mol. The number of carbonyl (C=O) groups is 2. The fourth-order valence-corrected chi connectivity index (χ4v) is 3.19. The third-order valence-corrected chi connectivity index (χ3v) is 4.78. The van der Waals surface area contributed by atoms with E-state index in [-0.39, 0.29) is 12.5 Å². The van der Waals surface area contributed by atoms with Crippen LogP contribution in [0.4, 0.5) is 0 Å². The van der Waals surface area contributed by atoms with Gasteiger partial charge in [0.15, 0.2) is 0 Å². The zero-order valence-corrected chi connectivity index (χ0v) is 17.9. The second-order valence-corrected chi connectivity index (χ2v) is 6.87. The third kappa shape index (κ3) is 5.95. The largest absolute Gasteiger partial charge is 0.497 e. The average Bonchev–Trinajstić information content (AvgIpc) is 2.84. The van der Waals surface area contributed by atoms with Crippen LogP contribution in [0.15, 0.2) is 84.0 Å². The summed E-state index contributed by atoms with van der Waals surface area (Å²) < 4.78 is 10.5. The fraction of sp³-hybridized carbons (Fsp3) is 0.160. The summed E-state index contributed by atoms with van der Waals surface area (Å²) in [5.74, 6) is -0.0149. The first-order valence-electron chi connectivity index (χ1n) is 10.0. The second-order valence-electron chi connectivity index (χ2n) is 6.87. The Labute approximate surface area is 187 Å².